The third-order valence-corrected chi connectivity index (χ3v) is 2.63. The molecule has 5 nitrogen and oxygen atoms in total. The molecule has 0 aliphatic heterocycles. The lowest BCUT2D eigenvalue weighted by atomic mass is 10.2. The number of anilines is 1. The van der Waals surface area contributed by atoms with Gasteiger partial charge in [-0.1, -0.05) is 13.3 Å². The van der Waals surface area contributed by atoms with Gasteiger partial charge in [0.25, 0.3) is 0 Å². The van der Waals surface area contributed by atoms with Crippen LogP contribution in [0.15, 0.2) is 18.3 Å². The molecule has 2 N–H and O–H groups in total. The normalized spacial score (nSPS) is 11.7. The molecule has 0 saturated carbocycles. The van der Waals surface area contributed by atoms with Crippen molar-refractivity contribution in [2.45, 2.75) is 39.7 Å². The lowest BCUT2D eigenvalue weighted by Crippen LogP contribution is -2.38. The summed E-state index contributed by atoms with van der Waals surface area (Å²) in [5, 5.41) is 6.00. The van der Waals surface area contributed by atoms with Crippen molar-refractivity contribution in [2.75, 3.05) is 18.5 Å². The SMILES string of the molecule is CCCCNC(=O)C(C)Nc1ccc(OCC)nc1. The minimum Gasteiger partial charge on any atom is -0.478 e. The molecule has 0 saturated heterocycles. The van der Waals surface area contributed by atoms with Gasteiger partial charge in [0.2, 0.25) is 11.8 Å². The first-order chi connectivity index (χ1) is 9.17. The molecule has 0 spiro atoms. The number of rotatable bonds is 8. The summed E-state index contributed by atoms with van der Waals surface area (Å²) < 4.78 is 5.26. The quantitative estimate of drug-likeness (QED) is 0.707. The first-order valence-electron chi connectivity index (χ1n) is 6.80. The molecule has 1 aromatic heterocycles. The first-order valence-corrected chi connectivity index (χ1v) is 6.80. The number of nitrogens with one attached hydrogen (secondary N) is 2. The maximum atomic E-state index is 11.8. The maximum absolute atomic E-state index is 11.8. The van der Waals surface area contributed by atoms with Crippen LogP contribution < -0.4 is 15.4 Å². The van der Waals surface area contributed by atoms with Crippen molar-refractivity contribution in [3.63, 3.8) is 0 Å². The number of hydrogen-bond acceptors (Lipinski definition) is 4. The zero-order chi connectivity index (χ0) is 14.1. The predicted octanol–water partition coefficient (Wildman–Crippen LogP) is 2.20. The Morgan fingerprint density at radius 3 is 2.79 bits per heavy atom. The molecular weight excluding hydrogens is 242 g/mol. The van der Waals surface area contributed by atoms with Crippen LogP contribution >= 0.6 is 0 Å². The molecule has 1 aromatic rings. The Morgan fingerprint density at radius 1 is 1.42 bits per heavy atom. The van der Waals surface area contributed by atoms with Gasteiger partial charge in [0.05, 0.1) is 18.5 Å². The summed E-state index contributed by atoms with van der Waals surface area (Å²) in [6.07, 6.45) is 3.74. The number of unbranched alkanes of at least 4 members (excludes halogenated alkanes) is 1. The summed E-state index contributed by atoms with van der Waals surface area (Å²) in [7, 11) is 0. The van der Waals surface area contributed by atoms with Crippen molar-refractivity contribution in [3.8, 4) is 5.88 Å². The minimum absolute atomic E-state index is 0.00216. The van der Waals surface area contributed by atoms with Gasteiger partial charge in [0.15, 0.2) is 0 Å². The van der Waals surface area contributed by atoms with E-state index in [1.54, 1.807) is 12.3 Å². The molecule has 0 aliphatic rings. The second kappa shape index (κ2) is 8.34. The summed E-state index contributed by atoms with van der Waals surface area (Å²) in [5.41, 5.74) is 0.807. The Balaban J connectivity index is 2.42. The highest BCUT2D eigenvalue weighted by Crippen LogP contribution is 2.12. The number of ether oxygens (including phenoxy) is 1. The zero-order valence-corrected chi connectivity index (χ0v) is 11.9. The molecule has 1 unspecified atom stereocenters. The Morgan fingerprint density at radius 2 is 2.21 bits per heavy atom. The van der Waals surface area contributed by atoms with Gasteiger partial charge in [-0.25, -0.2) is 4.98 Å². The average molecular weight is 265 g/mol. The molecule has 0 fully saturated rings. The van der Waals surface area contributed by atoms with Crippen molar-refractivity contribution < 1.29 is 9.53 Å². The second-order valence-corrected chi connectivity index (χ2v) is 4.33. The fourth-order valence-corrected chi connectivity index (χ4v) is 1.56. The summed E-state index contributed by atoms with van der Waals surface area (Å²) in [5.74, 6) is 0.593. The highest BCUT2D eigenvalue weighted by atomic mass is 16.5. The number of amides is 1. The van der Waals surface area contributed by atoms with E-state index in [0.717, 1.165) is 25.1 Å². The van der Waals surface area contributed by atoms with Crippen molar-refractivity contribution in [1.82, 2.24) is 10.3 Å². The smallest absolute Gasteiger partial charge is 0.242 e. The summed E-state index contributed by atoms with van der Waals surface area (Å²) in [6.45, 7) is 7.16. The molecule has 19 heavy (non-hydrogen) atoms. The van der Waals surface area contributed by atoms with Gasteiger partial charge in [-0.15, -0.1) is 0 Å². The van der Waals surface area contributed by atoms with E-state index in [-0.39, 0.29) is 11.9 Å². The van der Waals surface area contributed by atoms with Crippen LogP contribution in [0.1, 0.15) is 33.6 Å². The van der Waals surface area contributed by atoms with Crippen molar-refractivity contribution in [3.05, 3.63) is 18.3 Å². The van der Waals surface area contributed by atoms with E-state index < -0.39 is 0 Å². The molecule has 0 aliphatic carbocycles. The Labute approximate surface area is 114 Å². The molecule has 0 radical (unpaired) electrons. The van der Waals surface area contributed by atoms with Crippen LogP contribution in [0, 0.1) is 0 Å². The van der Waals surface area contributed by atoms with E-state index in [0.29, 0.717) is 12.5 Å². The summed E-state index contributed by atoms with van der Waals surface area (Å²) in [6, 6.07) is 3.36. The fourth-order valence-electron chi connectivity index (χ4n) is 1.56. The third kappa shape index (κ3) is 5.59. The molecule has 0 aromatic carbocycles. The fraction of sp³-hybridized carbons (Fsp3) is 0.571. The van der Waals surface area contributed by atoms with E-state index >= 15 is 0 Å². The van der Waals surface area contributed by atoms with Crippen LogP contribution in [0.4, 0.5) is 5.69 Å². The van der Waals surface area contributed by atoms with Crippen LogP contribution in [0.2, 0.25) is 0 Å². The largest absolute Gasteiger partial charge is 0.478 e. The highest BCUT2D eigenvalue weighted by molar-refractivity contribution is 5.84. The average Bonchev–Trinajstić information content (AvgIpc) is 2.41. The van der Waals surface area contributed by atoms with Crippen molar-refractivity contribution in [2.24, 2.45) is 0 Å². The van der Waals surface area contributed by atoms with Gasteiger partial charge >= 0.3 is 0 Å². The van der Waals surface area contributed by atoms with E-state index in [2.05, 4.69) is 22.5 Å². The molecule has 0 bridgehead atoms. The molecule has 5 heteroatoms. The number of carbonyl (C=O) groups is 1. The maximum Gasteiger partial charge on any atom is 0.242 e. The van der Waals surface area contributed by atoms with Gasteiger partial charge in [-0.2, -0.15) is 0 Å². The van der Waals surface area contributed by atoms with Gasteiger partial charge < -0.3 is 15.4 Å². The van der Waals surface area contributed by atoms with E-state index in [1.807, 2.05) is 19.9 Å². The monoisotopic (exact) mass is 265 g/mol. The number of nitrogens with zero attached hydrogens (tertiary/aromatic N) is 1. The van der Waals surface area contributed by atoms with Crippen molar-refractivity contribution >= 4 is 11.6 Å². The second-order valence-electron chi connectivity index (χ2n) is 4.33. The Hall–Kier alpha value is -1.78. The number of aromatic nitrogens is 1. The Bertz CT molecular complexity index is 379. The lowest BCUT2D eigenvalue weighted by molar-refractivity contribution is -0.121. The molecule has 1 heterocycles. The van der Waals surface area contributed by atoms with E-state index in [4.69, 9.17) is 4.74 Å². The standard InChI is InChI=1S/C14H23N3O2/c1-4-6-9-15-14(18)11(3)17-12-7-8-13(16-10-12)19-5-2/h7-8,10-11,17H,4-6,9H2,1-3H3,(H,15,18). The highest BCUT2D eigenvalue weighted by Gasteiger charge is 2.11. The van der Waals surface area contributed by atoms with Crippen LogP contribution in [-0.4, -0.2) is 30.1 Å². The van der Waals surface area contributed by atoms with Gasteiger partial charge in [0, 0.05) is 12.6 Å². The topological polar surface area (TPSA) is 63.2 Å². The van der Waals surface area contributed by atoms with Gasteiger partial charge in [-0.05, 0) is 26.3 Å². The molecule has 1 amide bonds. The van der Waals surface area contributed by atoms with Crippen molar-refractivity contribution in [1.29, 1.82) is 0 Å². The number of pyridine rings is 1. The van der Waals surface area contributed by atoms with Gasteiger partial charge in [-0.3, -0.25) is 4.79 Å². The van der Waals surface area contributed by atoms with E-state index in [1.165, 1.54) is 0 Å². The molecule has 1 atom stereocenters. The molecule has 1 rings (SSSR count). The zero-order valence-electron chi connectivity index (χ0n) is 11.9. The first kappa shape index (κ1) is 15.3. The predicted molar refractivity (Wildman–Crippen MR) is 76.4 cm³/mol. The molecular formula is C14H23N3O2. The Kier molecular flexibility index (Phi) is 6.71. The summed E-state index contributed by atoms with van der Waals surface area (Å²) in [4.78, 5) is 15.9. The van der Waals surface area contributed by atoms with Crippen LogP contribution in [0.25, 0.3) is 0 Å². The van der Waals surface area contributed by atoms with Crippen LogP contribution in [0.3, 0.4) is 0 Å². The van der Waals surface area contributed by atoms with E-state index in [9.17, 15) is 4.79 Å². The van der Waals surface area contributed by atoms with Crippen LogP contribution in [-0.2, 0) is 4.79 Å². The minimum atomic E-state index is -0.281. The molecule has 106 valence electrons. The number of hydrogen-bond donors (Lipinski definition) is 2. The lowest BCUT2D eigenvalue weighted by Gasteiger charge is -2.15. The summed E-state index contributed by atoms with van der Waals surface area (Å²) >= 11 is 0. The van der Waals surface area contributed by atoms with Crippen LogP contribution in [0.5, 0.6) is 5.88 Å². The number of carbonyl (C=O) groups excluding carboxylic acids is 1. The van der Waals surface area contributed by atoms with Gasteiger partial charge in [0.1, 0.15) is 6.04 Å². The third-order valence-electron chi connectivity index (χ3n) is 2.63.